The molecule has 2 atom stereocenters. The molecule has 2 N–H and O–H groups in total. The molecule has 4 heteroatoms. The van der Waals surface area contributed by atoms with Crippen LogP contribution in [-0.2, 0) is 17.8 Å². The van der Waals surface area contributed by atoms with Gasteiger partial charge >= 0.3 is 0 Å². The molecule has 0 aliphatic carbocycles. The number of hydrogen-bond acceptors (Lipinski definition) is 3. The molecular formula is C21H28N2O2. The van der Waals surface area contributed by atoms with Gasteiger partial charge in [0.2, 0.25) is 5.91 Å². The highest BCUT2D eigenvalue weighted by atomic mass is 16.5. The zero-order valence-electron chi connectivity index (χ0n) is 15.3. The predicted molar refractivity (Wildman–Crippen MR) is 102 cm³/mol. The van der Waals surface area contributed by atoms with Gasteiger partial charge in [0.05, 0.1) is 13.2 Å². The molecule has 0 radical (unpaired) electrons. The summed E-state index contributed by atoms with van der Waals surface area (Å²) in [6, 6.07) is 18.1. The van der Waals surface area contributed by atoms with E-state index in [1.807, 2.05) is 49.4 Å². The molecule has 0 aromatic heterocycles. The van der Waals surface area contributed by atoms with Gasteiger partial charge in [-0.25, -0.2) is 0 Å². The summed E-state index contributed by atoms with van der Waals surface area (Å²) < 4.78 is 5.15. The highest BCUT2D eigenvalue weighted by Crippen LogP contribution is 2.11. The first-order valence-electron chi connectivity index (χ1n) is 8.79. The maximum absolute atomic E-state index is 12.3. The largest absolute Gasteiger partial charge is 0.497 e. The molecule has 0 aliphatic heterocycles. The molecule has 0 saturated carbocycles. The summed E-state index contributed by atoms with van der Waals surface area (Å²) in [4.78, 5) is 12.3. The molecular weight excluding hydrogens is 312 g/mol. The van der Waals surface area contributed by atoms with Crippen LogP contribution in [0.5, 0.6) is 5.75 Å². The van der Waals surface area contributed by atoms with E-state index in [1.165, 1.54) is 5.56 Å². The molecule has 134 valence electrons. The van der Waals surface area contributed by atoms with Crippen LogP contribution in [0.2, 0.25) is 0 Å². The van der Waals surface area contributed by atoms with Crippen molar-refractivity contribution in [3.05, 3.63) is 65.7 Å². The summed E-state index contributed by atoms with van der Waals surface area (Å²) >= 11 is 0. The standard InChI is InChI=1S/C21H28N2O2/c1-16(9-10-18-7-5-4-6-8-18)23-21(24)17(2)22-15-19-11-13-20(25-3)14-12-19/h4-8,11-14,16-17,22H,9-10,15H2,1-3H3,(H,23,24). The van der Waals surface area contributed by atoms with E-state index >= 15 is 0 Å². The molecule has 25 heavy (non-hydrogen) atoms. The molecule has 4 nitrogen and oxygen atoms in total. The molecule has 0 saturated heterocycles. The van der Waals surface area contributed by atoms with Gasteiger partial charge in [0.25, 0.3) is 0 Å². The van der Waals surface area contributed by atoms with Crippen LogP contribution in [0.4, 0.5) is 0 Å². The minimum Gasteiger partial charge on any atom is -0.497 e. The molecule has 2 aromatic rings. The van der Waals surface area contributed by atoms with E-state index in [9.17, 15) is 4.79 Å². The van der Waals surface area contributed by atoms with Crippen molar-refractivity contribution in [2.45, 2.75) is 45.3 Å². The summed E-state index contributed by atoms with van der Waals surface area (Å²) in [5, 5.41) is 6.35. The third-order valence-corrected chi connectivity index (χ3v) is 4.26. The van der Waals surface area contributed by atoms with Gasteiger partial charge in [0.1, 0.15) is 5.75 Å². The minimum absolute atomic E-state index is 0.0362. The van der Waals surface area contributed by atoms with Crippen LogP contribution in [0.3, 0.4) is 0 Å². The van der Waals surface area contributed by atoms with E-state index in [2.05, 4.69) is 29.7 Å². The first-order chi connectivity index (χ1) is 12.1. The number of carbonyl (C=O) groups excluding carboxylic acids is 1. The number of nitrogens with one attached hydrogen (secondary N) is 2. The number of methoxy groups -OCH3 is 1. The van der Waals surface area contributed by atoms with Crippen LogP contribution < -0.4 is 15.4 Å². The number of amides is 1. The lowest BCUT2D eigenvalue weighted by atomic mass is 10.1. The second-order valence-corrected chi connectivity index (χ2v) is 6.38. The smallest absolute Gasteiger partial charge is 0.237 e. The van der Waals surface area contributed by atoms with E-state index < -0.39 is 0 Å². The minimum atomic E-state index is -0.235. The highest BCUT2D eigenvalue weighted by Gasteiger charge is 2.14. The Morgan fingerprint density at radius 3 is 2.32 bits per heavy atom. The van der Waals surface area contributed by atoms with Gasteiger partial charge < -0.3 is 15.4 Å². The molecule has 0 heterocycles. The fourth-order valence-electron chi connectivity index (χ4n) is 2.57. The molecule has 2 unspecified atom stereocenters. The van der Waals surface area contributed by atoms with Crippen LogP contribution in [-0.4, -0.2) is 25.1 Å². The Balaban J connectivity index is 1.71. The Morgan fingerprint density at radius 2 is 1.68 bits per heavy atom. The molecule has 0 aliphatic rings. The topological polar surface area (TPSA) is 50.4 Å². The fraction of sp³-hybridized carbons (Fsp3) is 0.381. The number of benzene rings is 2. The van der Waals surface area contributed by atoms with Gasteiger partial charge in [-0.15, -0.1) is 0 Å². The Bertz CT molecular complexity index is 641. The van der Waals surface area contributed by atoms with Crippen molar-refractivity contribution in [2.24, 2.45) is 0 Å². The zero-order chi connectivity index (χ0) is 18.1. The normalized spacial score (nSPS) is 13.1. The van der Waals surface area contributed by atoms with Gasteiger partial charge in [0.15, 0.2) is 0 Å². The van der Waals surface area contributed by atoms with Crippen LogP contribution in [0.25, 0.3) is 0 Å². The first-order valence-corrected chi connectivity index (χ1v) is 8.79. The van der Waals surface area contributed by atoms with Crippen molar-refractivity contribution in [2.75, 3.05) is 7.11 Å². The monoisotopic (exact) mass is 340 g/mol. The summed E-state index contributed by atoms with van der Waals surface area (Å²) in [5.74, 6) is 0.871. The molecule has 0 spiro atoms. The fourth-order valence-corrected chi connectivity index (χ4v) is 2.57. The van der Waals surface area contributed by atoms with E-state index in [4.69, 9.17) is 4.74 Å². The molecule has 1 amide bonds. The Morgan fingerprint density at radius 1 is 1.00 bits per heavy atom. The molecule has 0 fully saturated rings. The Labute approximate surface area is 150 Å². The first kappa shape index (κ1) is 19.0. The van der Waals surface area contributed by atoms with Crippen molar-refractivity contribution in [3.63, 3.8) is 0 Å². The summed E-state index contributed by atoms with van der Waals surface area (Å²) in [7, 11) is 1.65. The second kappa shape index (κ2) is 9.84. The van der Waals surface area contributed by atoms with E-state index in [0.717, 1.165) is 24.2 Å². The van der Waals surface area contributed by atoms with Crippen molar-refractivity contribution in [1.82, 2.24) is 10.6 Å². The average molecular weight is 340 g/mol. The van der Waals surface area contributed by atoms with E-state index in [0.29, 0.717) is 6.54 Å². The van der Waals surface area contributed by atoms with E-state index in [1.54, 1.807) is 7.11 Å². The Hall–Kier alpha value is -2.33. The van der Waals surface area contributed by atoms with Crippen LogP contribution in [0.15, 0.2) is 54.6 Å². The lowest BCUT2D eigenvalue weighted by Gasteiger charge is -2.18. The van der Waals surface area contributed by atoms with E-state index in [-0.39, 0.29) is 18.0 Å². The summed E-state index contributed by atoms with van der Waals surface area (Å²) in [6.07, 6.45) is 1.90. The maximum atomic E-state index is 12.3. The average Bonchev–Trinajstić information content (AvgIpc) is 2.65. The summed E-state index contributed by atoms with van der Waals surface area (Å²) in [5.41, 5.74) is 2.42. The van der Waals surface area contributed by atoms with Crippen molar-refractivity contribution in [3.8, 4) is 5.75 Å². The van der Waals surface area contributed by atoms with Crippen LogP contribution >= 0.6 is 0 Å². The zero-order valence-corrected chi connectivity index (χ0v) is 15.3. The predicted octanol–water partition coefficient (Wildman–Crippen LogP) is 3.31. The van der Waals surface area contributed by atoms with Gasteiger partial charge in [-0.1, -0.05) is 42.5 Å². The number of carbonyl (C=O) groups is 1. The number of ether oxygens (including phenoxy) is 1. The lowest BCUT2D eigenvalue weighted by Crippen LogP contribution is -2.45. The third-order valence-electron chi connectivity index (χ3n) is 4.26. The summed E-state index contributed by atoms with van der Waals surface area (Å²) in [6.45, 7) is 4.59. The van der Waals surface area contributed by atoms with Crippen LogP contribution in [0.1, 0.15) is 31.4 Å². The van der Waals surface area contributed by atoms with Gasteiger partial charge in [-0.3, -0.25) is 4.79 Å². The third kappa shape index (κ3) is 6.59. The second-order valence-electron chi connectivity index (χ2n) is 6.38. The molecule has 2 rings (SSSR count). The SMILES string of the molecule is COc1ccc(CNC(C)C(=O)NC(C)CCc2ccccc2)cc1. The van der Waals surface area contributed by atoms with Crippen molar-refractivity contribution < 1.29 is 9.53 Å². The maximum Gasteiger partial charge on any atom is 0.237 e. The Kier molecular flexibility index (Phi) is 7.48. The van der Waals surface area contributed by atoms with Crippen molar-refractivity contribution >= 4 is 5.91 Å². The van der Waals surface area contributed by atoms with Gasteiger partial charge in [0, 0.05) is 12.6 Å². The number of hydrogen-bond donors (Lipinski definition) is 2. The highest BCUT2D eigenvalue weighted by molar-refractivity contribution is 5.81. The molecule has 2 aromatic carbocycles. The van der Waals surface area contributed by atoms with Crippen molar-refractivity contribution in [1.29, 1.82) is 0 Å². The quantitative estimate of drug-likeness (QED) is 0.736. The van der Waals surface area contributed by atoms with Crippen LogP contribution in [0, 0.1) is 0 Å². The number of aryl methyl sites for hydroxylation is 1. The lowest BCUT2D eigenvalue weighted by molar-refractivity contribution is -0.123. The number of rotatable bonds is 9. The van der Waals surface area contributed by atoms with Gasteiger partial charge in [-0.2, -0.15) is 0 Å². The van der Waals surface area contributed by atoms with Gasteiger partial charge in [-0.05, 0) is 49.9 Å². The molecule has 0 bridgehead atoms.